The molecule has 3 heterocycles. The van der Waals surface area contributed by atoms with Crippen LogP contribution in [-0.4, -0.2) is 58.6 Å². The van der Waals surface area contributed by atoms with E-state index in [1.54, 1.807) is 18.3 Å². The van der Waals surface area contributed by atoms with Gasteiger partial charge in [0.1, 0.15) is 5.82 Å². The van der Waals surface area contributed by atoms with E-state index in [0.29, 0.717) is 17.9 Å². The topological polar surface area (TPSA) is 72.3 Å². The minimum atomic E-state index is -3.34. The molecule has 0 spiro atoms. The number of sulfone groups is 1. The van der Waals surface area contributed by atoms with Crippen LogP contribution < -0.4 is 0 Å². The number of hydrogen-bond donors (Lipinski definition) is 0. The summed E-state index contributed by atoms with van der Waals surface area (Å²) in [6, 6.07) is 7.02. The number of carbonyl (C=O) groups excluding carboxylic acids is 1. The zero-order valence-corrected chi connectivity index (χ0v) is 22.3. The van der Waals surface area contributed by atoms with Gasteiger partial charge in [0, 0.05) is 55.4 Å². The lowest BCUT2D eigenvalue weighted by Gasteiger charge is -2.32. The van der Waals surface area contributed by atoms with Crippen LogP contribution >= 0.6 is 21.6 Å². The molecule has 1 unspecified atom stereocenters. The van der Waals surface area contributed by atoms with Gasteiger partial charge in [0.05, 0.1) is 10.6 Å². The van der Waals surface area contributed by atoms with Gasteiger partial charge in [-0.05, 0) is 51.2 Å². The van der Waals surface area contributed by atoms with Crippen molar-refractivity contribution < 1.29 is 13.2 Å². The van der Waals surface area contributed by atoms with Crippen LogP contribution in [0, 0.1) is 6.92 Å². The number of nitrogens with zero attached hydrogens (tertiary/aromatic N) is 3. The highest BCUT2D eigenvalue weighted by atomic mass is 33.1. The quantitative estimate of drug-likeness (QED) is 0.321. The molecule has 2 fully saturated rings. The van der Waals surface area contributed by atoms with Crippen LogP contribution in [0.25, 0.3) is 0 Å². The number of unbranched alkanes of at least 4 members (excludes halogenated alkanes) is 1. The largest absolute Gasteiger partial charge is 0.343 e. The van der Waals surface area contributed by atoms with Crippen LogP contribution in [0.4, 0.5) is 0 Å². The maximum absolute atomic E-state index is 12.7. The molecule has 2 aromatic rings. The number of hydrogen-bond acceptors (Lipinski definition) is 6. The van der Waals surface area contributed by atoms with E-state index in [4.69, 9.17) is 0 Å². The summed E-state index contributed by atoms with van der Waals surface area (Å²) in [5, 5.41) is 0.784. The van der Waals surface area contributed by atoms with Crippen LogP contribution in [0.1, 0.15) is 62.3 Å². The van der Waals surface area contributed by atoms with Gasteiger partial charge in [-0.1, -0.05) is 45.7 Å². The molecule has 1 aromatic carbocycles. The number of imidazole rings is 1. The molecule has 186 valence electrons. The predicted octanol–water partition coefficient (Wildman–Crippen LogP) is 5.09. The molecule has 1 aromatic heterocycles. The molecule has 6 nitrogen and oxygen atoms in total. The van der Waals surface area contributed by atoms with Crippen LogP contribution in [0.15, 0.2) is 41.6 Å². The molecule has 1 amide bonds. The van der Waals surface area contributed by atoms with E-state index in [0.717, 1.165) is 55.4 Å². The standard InChI is InChI=1S/C25H35N3O3S3/c1-20-6-8-23(9-7-20)34(30,31)19-17-28-16-13-26-25(28)21-10-14-27(15-11-21)24(29)5-3-2-4-22-12-18-32-33-22/h6-9,13,16,21-22H,2-5,10-12,14-15,17-19H2,1H3. The minimum Gasteiger partial charge on any atom is -0.343 e. The maximum Gasteiger partial charge on any atom is 0.222 e. The minimum absolute atomic E-state index is 0.0504. The molecule has 0 bridgehead atoms. The van der Waals surface area contributed by atoms with Crippen LogP contribution in [-0.2, 0) is 21.2 Å². The first-order chi connectivity index (χ1) is 16.4. The van der Waals surface area contributed by atoms with Crippen molar-refractivity contribution in [3.63, 3.8) is 0 Å². The van der Waals surface area contributed by atoms with E-state index < -0.39 is 9.84 Å². The molecule has 9 heteroatoms. The molecular formula is C25H35N3O3S3. The SMILES string of the molecule is Cc1ccc(S(=O)(=O)CCn2ccnc2C2CCN(C(=O)CCCCC3CCSS3)CC2)cc1. The number of aryl methyl sites for hydroxylation is 2. The van der Waals surface area contributed by atoms with Crippen molar-refractivity contribution in [2.75, 3.05) is 24.6 Å². The van der Waals surface area contributed by atoms with Gasteiger partial charge in [-0.2, -0.15) is 0 Å². The lowest BCUT2D eigenvalue weighted by atomic mass is 9.95. The monoisotopic (exact) mass is 521 g/mol. The molecule has 0 radical (unpaired) electrons. The third-order valence-corrected chi connectivity index (χ3v) is 11.6. The number of piperidine rings is 1. The molecule has 2 aliphatic rings. The second-order valence-electron chi connectivity index (χ2n) is 9.34. The van der Waals surface area contributed by atoms with Crippen molar-refractivity contribution in [3.05, 3.63) is 48.0 Å². The van der Waals surface area contributed by atoms with Crippen molar-refractivity contribution in [3.8, 4) is 0 Å². The number of benzene rings is 1. The normalized spacial score (nSPS) is 19.6. The number of likely N-dealkylation sites (tertiary alicyclic amines) is 1. The van der Waals surface area contributed by atoms with Gasteiger partial charge in [0.25, 0.3) is 0 Å². The summed E-state index contributed by atoms with van der Waals surface area (Å²) < 4.78 is 27.5. The summed E-state index contributed by atoms with van der Waals surface area (Å²) in [6.07, 6.45) is 10.7. The van der Waals surface area contributed by atoms with Gasteiger partial charge in [0.15, 0.2) is 9.84 Å². The van der Waals surface area contributed by atoms with Crippen LogP contribution in [0.3, 0.4) is 0 Å². The Morgan fingerprint density at radius 3 is 2.59 bits per heavy atom. The summed E-state index contributed by atoms with van der Waals surface area (Å²) >= 11 is 0. The smallest absolute Gasteiger partial charge is 0.222 e. The first-order valence-corrected chi connectivity index (χ1v) is 16.3. The zero-order chi connectivity index (χ0) is 24.0. The average Bonchev–Trinajstić information content (AvgIpc) is 3.53. The molecular weight excluding hydrogens is 486 g/mol. The Balaban J connectivity index is 1.23. The second kappa shape index (κ2) is 12.0. The van der Waals surface area contributed by atoms with Gasteiger partial charge in [-0.3, -0.25) is 4.79 Å². The fraction of sp³-hybridized carbons (Fsp3) is 0.600. The number of aromatic nitrogens is 2. The molecule has 1 atom stereocenters. The summed E-state index contributed by atoms with van der Waals surface area (Å²) in [7, 11) is 0.649. The third-order valence-electron chi connectivity index (χ3n) is 6.84. The molecule has 2 saturated heterocycles. The van der Waals surface area contributed by atoms with Crippen molar-refractivity contribution in [1.29, 1.82) is 0 Å². The molecule has 0 aliphatic carbocycles. The van der Waals surface area contributed by atoms with Crippen LogP contribution in [0.5, 0.6) is 0 Å². The summed E-state index contributed by atoms with van der Waals surface area (Å²) in [5.41, 5.74) is 1.04. The van der Waals surface area contributed by atoms with E-state index in [1.807, 2.05) is 56.3 Å². The number of carbonyl (C=O) groups is 1. The Hall–Kier alpha value is -1.45. The fourth-order valence-electron chi connectivity index (χ4n) is 4.71. The Kier molecular flexibility index (Phi) is 9.04. The van der Waals surface area contributed by atoms with Gasteiger partial charge >= 0.3 is 0 Å². The molecule has 0 saturated carbocycles. The Bertz CT molecular complexity index is 1040. The second-order valence-corrected chi connectivity index (χ2v) is 14.2. The Morgan fingerprint density at radius 1 is 1.12 bits per heavy atom. The number of amides is 1. The summed E-state index contributed by atoms with van der Waals surface area (Å²) in [4.78, 5) is 19.6. The summed E-state index contributed by atoms with van der Waals surface area (Å²) in [6.45, 7) is 3.85. The van der Waals surface area contributed by atoms with E-state index in [-0.39, 0.29) is 17.6 Å². The highest BCUT2D eigenvalue weighted by Gasteiger charge is 2.27. The molecule has 2 aliphatic heterocycles. The molecule has 34 heavy (non-hydrogen) atoms. The van der Waals surface area contributed by atoms with E-state index in [9.17, 15) is 13.2 Å². The lowest BCUT2D eigenvalue weighted by Crippen LogP contribution is -2.38. The van der Waals surface area contributed by atoms with Crippen LogP contribution in [0.2, 0.25) is 0 Å². The van der Waals surface area contributed by atoms with Gasteiger partial charge < -0.3 is 9.47 Å². The van der Waals surface area contributed by atoms with Gasteiger partial charge in [0.2, 0.25) is 5.91 Å². The average molecular weight is 522 g/mol. The van der Waals surface area contributed by atoms with E-state index in [1.165, 1.54) is 18.6 Å². The van der Waals surface area contributed by atoms with Crippen molar-refractivity contribution >= 4 is 37.3 Å². The summed E-state index contributed by atoms with van der Waals surface area (Å²) in [5.74, 6) is 2.80. The first kappa shape index (κ1) is 25.6. The lowest BCUT2D eigenvalue weighted by molar-refractivity contribution is -0.132. The Labute approximate surface area is 211 Å². The molecule has 4 rings (SSSR count). The molecule has 0 N–H and O–H groups in total. The fourth-order valence-corrected chi connectivity index (χ4v) is 8.96. The van der Waals surface area contributed by atoms with Gasteiger partial charge in [-0.15, -0.1) is 0 Å². The third kappa shape index (κ3) is 6.82. The van der Waals surface area contributed by atoms with Crippen molar-refractivity contribution in [2.45, 2.75) is 74.5 Å². The first-order valence-electron chi connectivity index (χ1n) is 12.3. The van der Waals surface area contributed by atoms with E-state index in [2.05, 4.69) is 4.98 Å². The highest BCUT2D eigenvalue weighted by molar-refractivity contribution is 8.77. The zero-order valence-electron chi connectivity index (χ0n) is 19.9. The highest BCUT2D eigenvalue weighted by Crippen LogP contribution is 2.40. The van der Waals surface area contributed by atoms with Gasteiger partial charge in [-0.25, -0.2) is 13.4 Å². The van der Waals surface area contributed by atoms with Crippen molar-refractivity contribution in [1.82, 2.24) is 14.5 Å². The maximum atomic E-state index is 12.7. The Morgan fingerprint density at radius 2 is 1.88 bits per heavy atom. The van der Waals surface area contributed by atoms with E-state index >= 15 is 0 Å². The predicted molar refractivity (Wildman–Crippen MR) is 141 cm³/mol. The number of rotatable bonds is 10. The van der Waals surface area contributed by atoms with Crippen molar-refractivity contribution in [2.24, 2.45) is 0 Å².